The zero-order chi connectivity index (χ0) is 24.1. The highest BCUT2D eigenvalue weighted by Crippen LogP contribution is 2.44. The van der Waals surface area contributed by atoms with Crippen LogP contribution in [0.1, 0.15) is 42.7 Å². The average molecular weight is 466 g/mol. The van der Waals surface area contributed by atoms with Crippen molar-refractivity contribution in [1.82, 2.24) is 15.5 Å². The second-order valence-corrected chi connectivity index (χ2v) is 9.06. The fourth-order valence-corrected chi connectivity index (χ4v) is 4.85. The highest BCUT2D eigenvalue weighted by molar-refractivity contribution is 5.89. The second kappa shape index (κ2) is 10.7. The molecule has 0 radical (unpaired) electrons. The van der Waals surface area contributed by atoms with Crippen molar-refractivity contribution in [3.8, 4) is 11.1 Å². The largest absolute Gasteiger partial charge is 0.481 e. The minimum Gasteiger partial charge on any atom is -0.481 e. The van der Waals surface area contributed by atoms with Gasteiger partial charge in [0.05, 0.1) is 6.42 Å². The summed E-state index contributed by atoms with van der Waals surface area (Å²) >= 11 is 0. The van der Waals surface area contributed by atoms with Gasteiger partial charge in [-0.25, -0.2) is 4.79 Å². The lowest BCUT2D eigenvalue weighted by atomic mass is 9.98. The molecule has 2 aromatic rings. The molecule has 1 saturated heterocycles. The van der Waals surface area contributed by atoms with E-state index >= 15 is 0 Å². The molecule has 2 aliphatic rings. The van der Waals surface area contributed by atoms with E-state index in [0.717, 1.165) is 54.6 Å². The minimum atomic E-state index is -1.20. The Morgan fingerprint density at radius 2 is 1.68 bits per heavy atom. The van der Waals surface area contributed by atoms with Crippen LogP contribution in [0.3, 0.4) is 0 Å². The maximum atomic E-state index is 12.8. The molecule has 8 heteroatoms. The van der Waals surface area contributed by atoms with E-state index in [-0.39, 0.29) is 18.6 Å². The van der Waals surface area contributed by atoms with Crippen LogP contribution >= 0.6 is 0 Å². The van der Waals surface area contributed by atoms with E-state index in [1.165, 1.54) is 0 Å². The van der Waals surface area contributed by atoms with Crippen molar-refractivity contribution in [2.24, 2.45) is 0 Å². The lowest BCUT2D eigenvalue weighted by Gasteiger charge is -2.22. The Hall–Kier alpha value is -3.39. The number of fused-ring (bicyclic) bond motifs is 3. The molecule has 1 fully saturated rings. The third-order valence-corrected chi connectivity index (χ3v) is 6.63. The first-order valence-electron chi connectivity index (χ1n) is 11.7. The highest BCUT2D eigenvalue weighted by Gasteiger charge is 2.31. The van der Waals surface area contributed by atoms with Gasteiger partial charge in [0.1, 0.15) is 12.6 Å². The molecule has 0 saturated carbocycles. The number of benzene rings is 2. The number of ether oxygens (including phenoxy) is 1. The van der Waals surface area contributed by atoms with Gasteiger partial charge >= 0.3 is 12.1 Å². The molecule has 180 valence electrons. The van der Waals surface area contributed by atoms with Crippen LogP contribution in [0, 0.1) is 0 Å². The van der Waals surface area contributed by atoms with Crippen LogP contribution < -0.4 is 10.6 Å². The first-order chi connectivity index (χ1) is 16.4. The molecular formula is C26H31N3O5. The van der Waals surface area contributed by atoms with Crippen LogP contribution in [0.2, 0.25) is 0 Å². The number of likely N-dealkylation sites (tertiary alicyclic amines) is 1. The molecule has 0 aromatic heterocycles. The fourth-order valence-electron chi connectivity index (χ4n) is 4.85. The van der Waals surface area contributed by atoms with Gasteiger partial charge in [0.2, 0.25) is 5.91 Å². The number of alkyl carbamates (subject to hydrolysis) is 1. The number of carboxylic acids is 1. The molecule has 1 aliphatic carbocycles. The molecule has 34 heavy (non-hydrogen) atoms. The summed E-state index contributed by atoms with van der Waals surface area (Å²) in [6.07, 6.45) is 1.24. The molecule has 0 bridgehead atoms. The van der Waals surface area contributed by atoms with Crippen LogP contribution in [-0.2, 0) is 14.3 Å². The van der Waals surface area contributed by atoms with Gasteiger partial charge in [-0.2, -0.15) is 0 Å². The van der Waals surface area contributed by atoms with E-state index in [9.17, 15) is 19.5 Å². The van der Waals surface area contributed by atoms with Crippen LogP contribution in [0.4, 0.5) is 4.79 Å². The van der Waals surface area contributed by atoms with Crippen molar-refractivity contribution < 1.29 is 24.2 Å². The summed E-state index contributed by atoms with van der Waals surface area (Å²) in [5, 5.41) is 14.7. The van der Waals surface area contributed by atoms with Crippen molar-refractivity contribution in [1.29, 1.82) is 0 Å². The van der Waals surface area contributed by atoms with E-state index in [4.69, 9.17) is 4.74 Å². The first kappa shape index (κ1) is 23.8. The summed E-state index contributed by atoms with van der Waals surface area (Å²) in [5.74, 6) is -1.78. The van der Waals surface area contributed by atoms with Crippen LogP contribution in [0.25, 0.3) is 11.1 Å². The van der Waals surface area contributed by atoms with E-state index in [1.807, 2.05) is 55.6 Å². The van der Waals surface area contributed by atoms with Crippen LogP contribution in [0.5, 0.6) is 0 Å². The third-order valence-electron chi connectivity index (χ3n) is 6.63. The quantitative estimate of drug-likeness (QED) is 0.580. The Morgan fingerprint density at radius 3 is 2.32 bits per heavy atom. The standard InChI is InChI=1S/C26H31N3O5/c1-29-13-6-7-17(12-14-29)27-25(32)23(15-24(30)31)28-26(33)34-16-22-20-10-4-2-8-18(20)19-9-3-5-11-21(19)22/h2-5,8-11,17,22-23H,6-7,12-16H2,1H3,(H,27,32)(H,28,33)(H,30,31). The molecule has 2 aromatic carbocycles. The van der Waals surface area contributed by atoms with E-state index in [2.05, 4.69) is 15.5 Å². The Balaban J connectivity index is 1.38. The summed E-state index contributed by atoms with van der Waals surface area (Å²) in [4.78, 5) is 39.0. The van der Waals surface area contributed by atoms with Crippen LogP contribution in [0.15, 0.2) is 48.5 Å². The van der Waals surface area contributed by atoms with E-state index in [1.54, 1.807) is 0 Å². The Labute approximate surface area is 199 Å². The third kappa shape index (κ3) is 5.56. The number of carbonyl (C=O) groups is 3. The number of amides is 2. The van der Waals surface area contributed by atoms with Gasteiger partial charge in [0.15, 0.2) is 0 Å². The molecule has 3 N–H and O–H groups in total. The predicted octanol–water partition coefficient (Wildman–Crippen LogP) is 2.97. The lowest BCUT2D eigenvalue weighted by Crippen LogP contribution is -2.50. The average Bonchev–Trinajstić information content (AvgIpc) is 2.99. The van der Waals surface area contributed by atoms with Crippen molar-refractivity contribution >= 4 is 18.0 Å². The topological polar surface area (TPSA) is 108 Å². The molecule has 8 nitrogen and oxygen atoms in total. The number of aliphatic carboxylic acids is 1. The Morgan fingerprint density at radius 1 is 1.03 bits per heavy atom. The normalized spacial score (nSPS) is 18.8. The summed E-state index contributed by atoms with van der Waals surface area (Å²) < 4.78 is 5.50. The highest BCUT2D eigenvalue weighted by atomic mass is 16.5. The molecule has 2 unspecified atom stereocenters. The van der Waals surface area contributed by atoms with E-state index in [0.29, 0.717) is 0 Å². The van der Waals surface area contributed by atoms with Gasteiger partial charge in [-0.3, -0.25) is 9.59 Å². The van der Waals surface area contributed by atoms with Gasteiger partial charge in [0.25, 0.3) is 0 Å². The second-order valence-electron chi connectivity index (χ2n) is 9.06. The summed E-state index contributed by atoms with van der Waals surface area (Å²) in [6.45, 7) is 1.91. The summed E-state index contributed by atoms with van der Waals surface area (Å²) in [6, 6.07) is 14.8. The van der Waals surface area contributed by atoms with Crippen molar-refractivity contribution in [2.45, 2.75) is 43.7 Å². The maximum absolute atomic E-state index is 12.8. The zero-order valence-electron chi connectivity index (χ0n) is 19.3. The molecule has 2 amide bonds. The number of rotatable bonds is 7. The van der Waals surface area contributed by atoms with Gasteiger partial charge < -0.3 is 25.4 Å². The molecule has 4 rings (SSSR count). The minimum absolute atomic E-state index is 0.0435. The van der Waals surface area contributed by atoms with Crippen molar-refractivity contribution in [3.63, 3.8) is 0 Å². The number of hydrogen-bond donors (Lipinski definition) is 3. The number of nitrogens with one attached hydrogen (secondary N) is 2. The smallest absolute Gasteiger partial charge is 0.407 e. The van der Waals surface area contributed by atoms with Crippen LogP contribution in [-0.4, -0.2) is 66.8 Å². The zero-order valence-corrected chi connectivity index (χ0v) is 19.3. The number of nitrogens with zero attached hydrogens (tertiary/aromatic N) is 1. The molecule has 0 spiro atoms. The monoisotopic (exact) mass is 465 g/mol. The SMILES string of the molecule is CN1CCCC(NC(=O)C(CC(=O)O)NC(=O)OCC2c3ccccc3-c3ccccc32)CC1. The molecule has 1 aliphatic heterocycles. The Bertz CT molecular complexity index is 1010. The number of carbonyl (C=O) groups excluding carboxylic acids is 2. The molecule has 1 heterocycles. The van der Waals surface area contributed by atoms with Gasteiger partial charge in [-0.05, 0) is 61.7 Å². The fraction of sp³-hybridized carbons (Fsp3) is 0.423. The predicted molar refractivity (Wildman–Crippen MR) is 128 cm³/mol. The molecule has 2 atom stereocenters. The van der Waals surface area contributed by atoms with Crippen molar-refractivity contribution in [2.75, 3.05) is 26.7 Å². The Kier molecular flexibility index (Phi) is 7.47. The van der Waals surface area contributed by atoms with E-state index < -0.39 is 30.4 Å². The first-order valence-corrected chi connectivity index (χ1v) is 11.7. The van der Waals surface area contributed by atoms with Gasteiger partial charge in [0, 0.05) is 12.0 Å². The number of hydrogen-bond acceptors (Lipinski definition) is 5. The summed E-state index contributed by atoms with van der Waals surface area (Å²) in [7, 11) is 2.04. The maximum Gasteiger partial charge on any atom is 0.407 e. The van der Waals surface area contributed by atoms with Gasteiger partial charge in [-0.1, -0.05) is 48.5 Å². The molecular weight excluding hydrogens is 434 g/mol. The van der Waals surface area contributed by atoms with Crippen molar-refractivity contribution in [3.05, 3.63) is 59.7 Å². The van der Waals surface area contributed by atoms with Gasteiger partial charge in [-0.15, -0.1) is 0 Å². The summed E-state index contributed by atoms with van der Waals surface area (Å²) in [5.41, 5.74) is 4.39. The number of carboxylic acid groups (broad SMARTS) is 1. The lowest BCUT2D eigenvalue weighted by molar-refractivity contribution is -0.140.